The summed E-state index contributed by atoms with van der Waals surface area (Å²) in [7, 11) is 1.63. The van der Waals surface area contributed by atoms with Crippen molar-refractivity contribution in [3.8, 4) is 5.75 Å². The Labute approximate surface area is 106 Å². The smallest absolute Gasteiger partial charge is 0.339 e. The lowest BCUT2D eigenvalue weighted by molar-refractivity contribution is 0.409. The summed E-state index contributed by atoms with van der Waals surface area (Å²) in [6.45, 7) is 6.03. The Bertz CT molecular complexity index is 638. The predicted octanol–water partition coefficient (Wildman–Crippen LogP) is 3.23. The van der Waals surface area contributed by atoms with E-state index in [0.717, 1.165) is 34.2 Å². The number of methoxy groups -OCH3 is 1. The van der Waals surface area contributed by atoms with Crippen LogP contribution in [-0.4, -0.2) is 7.11 Å². The fourth-order valence-electron chi connectivity index (χ4n) is 2.34. The van der Waals surface area contributed by atoms with Crippen molar-refractivity contribution in [1.82, 2.24) is 0 Å². The fraction of sp³-hybridized carbons (Fsp3) is 0.400. The quantitative estimate of drug-likeness (QED) is 0.780. The molecule has 3 nitrogen and oxygen atoms in total. The Balaban J connectivity index is 2.85. The number of benzene rings is 1. The Morgan fingerprint density at radius 2 is 1.94 bits per heavy atom. The molecule has 0 saturated heterocycles. The molecule has 3 heteroatoms. The van der Waals surface area contributed by atoms with Crippen LogP contribution in [0.3, 0.4) is 0 Å². The zero-order chi connectivity index (χ0) is 13.3. The fourth-order valence-corrected chi connectivity index (χ4v) is 2.34. The van der Waals surface area contributed by atoms with Gasteiger partial charge in [0.15, 0.2) is 0 Å². The minimum Gasteiger partial charge on any atom is -0.496 e. The van der Waals surface area contributed by atoms with Gasteiger partial charge in [-0.05, 0) is 37.0 Å². The molecule has 0 aliphatic rings. The topological polar surface area (TPSA) is 39.4 Å². The molecule has 0 N–H and O–H groups in total. The summed E-state index contributed by atoms with van der Waals surface area (Å²) in [5, 5.41) is 1.00. The van der Waals surface area contributed by atoms with Crippen LogP contribution in [0.15, 0.2) is 21.3 Å². The monoisotopic (exact) mass is 246 g/mol. The van der Waals surface area contributed by atoms with E-state index in [9.17, 15) is 4.79 Å². The molecule has 1 heterocycles. The number of aryl methyl sites for hydroxylation is 2. The maximum Gasteiger partial charge on any atom is 0.339 e. The number of rotatable bonds is 3. The van der Waals surface area contributed by atoms with Crippen molar-refractivity contribution in [2.75, 3.05) is 7.11 Å². The van der Waals surface area contributed by atoms with E-state index >= 15 is 0 Å². The lowest BCUT2D eigenvalue weighted by atomic mass is 10.0. The van der Waals surface area contributed by atoms with Gasteiger partial charge in [-0.3, -0.25) is 0 Å². The molecule has 0 amide bonds. The minimum atomic E-state index is -0.242. The summed E-state index contributed by atoms with van der Waals surface area (Å²) in [6.07, 6.45) is 1.58. The lowest BCUT2D eigenvalue weighted by Crippen LogP contribution is -2.09. The molecule has 1 aromatic carbocycles. The van der Waals surface area contributed by atoms with Crippen molar-refractivity contribution in [3.05, 3.63) is 39.2 Å². The molecular weight excluding hydrogens is 228 g/mol. The maximum absolute atomic E-state index is 11.8. The number of ether oxygens (including phenoxy) is 1. The predicted molar refractivity (Wildman–Crippen MR) is 72.5 cm³/mol. The number of hydrogen-bond acceptors (Lipinski definition) is 3. The zero-order valence-corrected chi connectivity index (χ0v) is 11.3. The molecule has 2 aromatic rings. The van der Waals surface area contributed by atoms with Crippen LogP contribution in [-0.2, 0) is 12.8 Å². The molecule has 0 atom stereocenters. The molecular formula is C15H18O3. The summed E-state index contributed by atoms with van der Waals surface area (Å²) in [5.41, 5.74) is 3.26. The highest BCUT2D eigenvalue weighted by molar-refractivity contribution is 5.83. The summed E-state index contributed by atoms with van der Waals surface area (Å²) in [6, 6.07) is 3.87. The van der Waals surface area contributed by atoms with Gasteiger partial charge in [0.2, 0.25) is 0 Å². The first-order valence-corrected chi connectivity index (χ1v) is 6.25. The molecule has 0 bridgehead atoms. The van der Waals surface area contributed by atoms with Gasteiger partial charge in [-0.1, -0.05) is 13.8 Å². The van der Waals surface area contributed by atoms with Crippen LogP contribution >= 0.6 is 0 Å². The van der Waals surface area contributed by atoms with Crippen LogP contribution in [0.5, 0.6) is 5.75 Å². The Morgan fingerprint density at radius 3 is 2.50 bits per heavy atom. The van der Waals surface area contributed by atoms with Crippen molar-refractivity contribution in [3.63, 3.8) is 0 Å². The Kier molecular flexibility index (Phi) is 3.41. The molecule has 0 aliphatic carbocycles. The summed E-state index contributed by atoms with van der Waals surface area (Å²) >= 11 is 0. The standard InChI is InChI=1S/C15H18O3/c1-5-10-7-12-9(3)11(6-2)15(16)18-14(12)8-13(10)17-4/h7-8H,5-6H2,1-4H3. The van der Waals surface area contributed by atoms with E-state index in [4.69, 9.17) is 9.15 Å². The van der Waals surface area contributed by atoms with Gasteiger partial charge in [-0.2, -0.15) is 0 Å². The molecule has 96 valence electrons. The highest BCUT2D eigenvalue weighted by Gasteiger charge is 2.12. The maximum atomic E-state index is 11.8. The largest absolute Gasteiger partial charge is 0.496 e. The third-order valence-corrected chi connectivity index (χ3v) is 3.42. The molecule has 0 unspecified atom stereocenters. The van der Waals surface area contributed by atoms with Crippen LogP contribution < -0.4 is 10.4 Å². The second-order valence-electron chi connectivity index (χ2n) is 4.36. The van der Waals surface area contributed by atoms with Crippen LogP contribution in [0.25, 0.3) is 11.0 Å². The van der Waals surface area contributed by atoms with Crippen molar-refractivity contribution >= 4 is 11.0 Å². The van der Waals surface area contributed by atoms with Gasteiger partial charge in [-0.25, -0.2) is 4.79 Å². The summed E-state index contributed by atoms with van der Waals surface area (Å²) in [5.74, 6) is 0.775. The SMILES string of the molecule is CCc1cc2c(C)c(CC)c(=O)oc2cc1OC. The van der Waals surface area contributed by atoms with Crippen LogP contribution in [0.2, 0.25) is 0 Å². The van der Waals surface area contributed by atoms with Gasteiger partial charge in [0, 0.05) is 17.0 Å². The molecule has 0 fully saturated rings. The van der Waals surface area contributed by atoms with Crippen LogP contribution in [0, 0.1) is 6.92 Å². The average Bonchev–Trinajstić information content (AvgIpc) is 2.37. The van der Waals surface area contributed by atoms with Gasteiger partial charge >= 0.3 is 5.63 Å². The van der Waals surface area contributed by atoms with Crippen molar-refractivity contribution in [1.29, 1.82) is 0 Å². The highest BCUT2D eigenvalue weighted by Crippen LogP contribution is 2.28. The van der Waals surface area contributed by atoms with Gasteiger partial charge < -0.3 is 9.15 Å². The van der Waals surface area contributed by atoms with Crippen LogP contribution in [0.1, 0.15) is 30.5 Å². The van der Waals surface area contributed by atoms with Gasteiger partial charge in [0.25, 0.3) is 0 Å². The summed E-state index contributed by atoms with van der Waals surface area (Å²) < 4.78 is 10.7. The van der Waals surface area contributed by atoms with Crippen molar-refractivity contribution < 1.29 is 9.15 Å². The second-order valence-corrected chi connectivity index (χ2v) is 4.36. The molecule has 0 aliphatic heterocycles. The molecule has 1 aromatic heterocycles. The van der Waals surface area contributed by atoms with E-state index in [-0.39, 0.29) is 5.63 Å². The Hall–Kier alpha value is -1.77. The van der Waals surface area contributed by atoms with E-state index in [1.165, 1.54) is 0 Å². The number of fused-ring (bicyclic) bond motifs is 1. The molecule has 2 rings (SSSR count). The van der Waals surface area contributed by atoms with E-state index < -0.39 is 0 Å². The van der Waals surface area contributed by atoms with Gasteiger partial charge in [0.1, 0.15) is 11.3 Å². The molecule has 0 radical (unpaired) electrons. The third kappa shape index (κ3) is 1.90. The molecule has 0 spiro atoms. The van der Waals surface area contributed by atoms with E-state index in [1.54, 1.807) is 7.11 Å². The van der Waals surface area contributed by atoms with E-state index in [1.807, 2.05) is 19.9 Å². The average molecular weight is 246 g/mol. The normalized spacial score (nSPS) is 10.9. The molecule has 0 saturated carbocycles. The zero-order valence-electron chi connectivity index (χ0n) is 11.3. The van der Waals surface area contributed by atoms with Crippen molar-refractivity contribution in [2.45, 2.75) is 33.6 Å². The van der Waals surface area contributed by atoms with Crippen molar-refractivity contribution in [2.24, 2.45) is 0 Å². The molecule has 18 heavy (non-hydrogen) atoms. The first-order chi connectivity index (χ1) is 8.62. The van der Waals surface area contributed by atoms with E-state index in [0.29, 0.717) is 12.0 Å². The first-order valence-electron chi connectivity index (χ1n) is 6.25. The minimum absolute atomic E-state index is 0.242. The van der Waals surface area contributed by atoms with E-state index in [2.05, 4.69) is 13.0 Å². The lowest BCUT2D eigenvalue weighted by Gasteiger charge is -2.11. The van der Waals surface area contributed by atoms with Gasteiger partial charge in [-0.15, -0.1) is 0 Å². The second kappa shape index (κ2) is 4.84. The number of hydrogen-bond donors (Lipinski definition) is 0. The Morgan fingerprint density at radius 1 is 1.22 bits per heavy atom. The van der Waals surface area contributed by atoms with Gasteiger partial charge in [0.05, 0.1) is 7.11 Å². The summed E-state index contributed by atoms with van der Waals surface area (Å²) in [4.78, 5) is 11.8. The highest BCUT2D eigenvalue weighted by atomic mass is 16.5. The van der Waals surface area contributed by atoms with Crippen LogP contribution in [0.4, 0.5) is 0 Å². The first kappa shape index (κ1) is 12.7. The third-order valence-electron chi connectivity index (χ3n) is 3.42.